The molecule has 1 aromatic heterocycles. The first-order valence-electron chi connectivity index (χ1n) is 13.1. The predicted molar refractivity (Wildman–Crippen MR) is 150 cm³/mol. The lowest BCUT2D eigenvalue weighted by Crippen LogP contribution is -2.19. The van der Waals surface area contributed by atoms with Crippen LogP contribution < -0.4 is 16.0 Å². The van der Waals surface area contributed by atoms with Gasteiger partial charge in [-0.2, -0.15) is 0 Å². The second kappa shape index (κ2) is 11.0. The number of anilines is 3. The number of fused-ring (bicyclic) bond motifs is 2. The maximum Gasteiger partial charge on any atom is 0.323 e. The minimum absolute atomic E-state index is 0.0401. The van der Waals surface area contributed by atoms with Gasteiger partial charge in [-0.3, -0.25) is 14.4 Å². The molecule has 5 rings (SSSR count). The average Bonchev–Trinajstić information content (AvgIpc) is 3.41. The SMILES string of the molecule is CCOC(=O)CCc1c(/C=C2\C(=O)Nc3ccc(NC(=O)Nc4ccc(C)cc4)cc32)[nH]c2c1C(=O)CCC2. The van der Waals surface area contributed by atoms with Crippen molar-refractivity contribution in [2.45, 2.75) is 46.0 Å². The number of ether oxygens (including phenoxy) is 1. The van der Waals surface area contributed by atoms with Gasteiger partial charge >= 0.3 is 12.0 Å². The highest BCUT2D eigenvalue weighted by atomic mass is 16.5. The zero-order valence-corrected chi connectivity index (χ0v) is 21.9. The van der Waals surface area contributed by atoms with Crippen LogP contribution in [0.3, 0.4) is 0 Å². The Morgan fingerprint density at radius 3 is 2.54 bits per heavy atom. The third-order valence-electron chi connectivity index (χ3n) is 6.87. The fourth-order valence-corrected chi connectivity index (χ4v) is 5.02. The minimum atomic E-state index is -0.404. The van der Waals surface area contributed by atoms with E-state index >= 15 is 0 Å². The van der Waals surface area contributed by atoms with E-state index in [0.29, 0.717) is 52.3 Å². The Balaban J connectivity index is 1.43. The lowest BCUT2D eigenvalue weighted by Gasteiger charge is -2.11. The number of aromatic nitrogens is 1. The maximum absolute atomic E-state index is 13.0. The van der Waals surface area contributed by atoms with E-state index in [0.717, 1.165) is 29.7 Å². The van der Waals surface area contributed by atoms with Crippen molar-refractivity contribution >= 4 is 52.4 Å². The van der Waals surface area contributed by atoms with E-state index < -0.39 is 6.03 Å². The number of Topliss-reactive ketones (excluding diaryl/α,β-unsaturated/α-hetero) is 1. The summed E-state index contributed by atoms with van der Waals surface area (Å²) in [4.78, 5) is 53.8. The molecule has 0 saturated heterocycles. The summed E-state index contributed by atoms with van der Waals surface area (Å²) in [5.74, 6) is -0.585. The number of hydrogen-bond donors (Lipinski definition) is 4. The van der Waals surface area contributed by atoms with Gasteiger partial charge in [-0.25, -0.2) is 4.79 Å². The summed E-state index contributed by atoms with van der Waals surface area (Å²) < 4.78 is 5.08. The second-order valence-corrected chi connectivity index (χ2v) is 9.67. The highest BCUT2D eigenvalue weighted by molar-refractivity contribution is 6.35. The first-order valence-corrected chi connectivity index (χ1v) is 13.1. The molecule has 0 atom stereocenters. The Labute approximate surface area is 226 Å². The second-order valence-electron chi connectivity index (χ2n) is 9.67. The van der Waals surface area contributed by atoms with Gasteiger partial charge in [-0.05, 0) is 75.1 Å². The molecule has 2 aromatic carbocycles. The molecule has 0 bridgehead atoms. The summed E-state index contributed by atoms with van der Waals surface area (Å²) >= 11 is 0. The number of carbonyl (C=O) groups excluding carboxylic acids is 4. The van der Waals surface area contributed by atoms with Crippen LogP contribution in [0.2, 0.25) is 0 Å². The zero-order chi connectivity index (χ0) is 27.5. The molecule has 0 spiro atoms. The van der Waals surface area contributed by atoms with Crippen molar-refractivity contribution in [3.63, 3.8) is 0 Å². The Morgan fingerprint density at radius 2 is 1.77 bits per heavy atom. The van der Waals surface area contributed by atoms with Crippen LogP contribution in [-0.2, 0) is 27.2 Å². The standard InChI is InChI=1S/C30H30N4O5/c1-3-39-27(36)14-12-20-25(33-24-5-4-6-26(35)28(20)24)16-22-21-15-19(11-13-23(21)34-29(22)37)32-30(38)31-18-9-7-17(2)8-10-18/h7-11,13,15-16,33H,3-6,12,14H2,1-2H3,(H,34,37)(H2,31,32,38)/b22-16-. The number of urea groups is 1. The number of carbonyl (C=O) groups is 4. The number of aryl methyl sites for hydroxylation is 2. The maximum atomic E-state index is 13.0. The molecule has 1 aliphatic heterocycles. The van der Waals surface area contributed by atoms with Gasteiger partial charge in [0.05, 0.1) is 12.2 Å². The molecule has 1 aliphatic carbocycles. The quantitative estimate of drug-likeness (QED) is 0.240. The van der Waals surface area contributed by atoms with Gasteiger partial charge in [0, 0.05) is 52.4 Å². The smallest absolute Gasteiger partial charge is 0.323 e. The number of ketones is 1. The highest BCUT2D eigenvalue weighted by Gasteiger charge is 2.29. The molecule has 3 amide bonds. The molecule has 0 radical (unpaired) electrons. The summed E-state index contributed by atoms with van der Waals surface area (Å²) in [6.07, 6.45) is 4.12. The summed E-state index contributed by atoms with van der Waals surface area (Å²) in [5.41, 5.74) is 6.74. The fourth-order valence-electron chi connectivity index (χ4n) is 5.02. The summed E-state index contributed by atoms with van der Waals surface area (Å²) in [7, 11) is 0. The largest absolute Gasteiger partial charge is 0.466 e. The van der Waals surface area contributed by atoms with Crippen LogP contribution in [0.5, 0.6) is 0 Å². The van der Waals surface area contributed by atoms with Crippen molar-refractivity contribution in [1.29, 1.82) is 0 Å². The molecule has 4 N–H and O–H groups in total. The molecule has 2 heterocycles. The Morgan fingerprint density at radius 1 is 1.03 bits per heavy atom. The first-order chi connectivity index (χ1) is 18.8. The number of hydrogen-bond acceptors (Lipinski definition) is 5. The van der Waals surface area contributed by atoms with Crippen LogP contribution in [0.4, 0.5) is 21.9 Å². The molecule has 39 heavy (non-hydrogen) atoms. The van der Waals surface area contributed by atoms with Crippen LogP contribution in [0.1, 0.15) is 64.6 Å². The molecule has 9 nitrogen and oxygen atoms in total. The van der Waals surface area contributed by atoms with E-state index in [1.807, 2.05) is 31.2 Å². The molecular formula is C30H30N4O5. The summed E-state index contributed by atoms with van der Waals surface area (Å²) in [5, 5.41) is 8.47. The minimum Gasteiger partial charge on any atom is -0.466 e. The van der Waals surface area contributed by atoms with Crippen LogP contribution in [0.15, 0.2) is 42.5 Å². The highest BCUT2D eigenvalue weighted by Crippen LogP contribution is 2.37. The molecule has 0 unspecified atom stereocenters. The molecule has 200 valence electrons. The summed E-state index contributed by atoms with van der Waals surface area (Å²) in [6, 6.07) is 12.2. The number of H-pyrrole nitrogens is 1. The van der Waals surface area contributed by atoms with Crippen LogP contribution in [-0.4, -0.2) is 35.3 Å². The lowest BCUT2D eigenvalue weighted by atomic mass is 9.91. The van der Waals surface area contributed by atoms with Crippen molar-refractivity contribution in [1.82, 2.24) is 4.98 Å². The van der Waals surface area contributed by atoms with Crippen LogP contribution in [0.25, 0.3) is 11.6 Å². The third kappa shape index (κ3) is 5.62. The normalized spacial score (nSPS) is 15.0. The Hall–Kier alpha value is -4.66. The number of esters is 1. The molecule has 3 aromatic rings. The van der Waals surface area contributed by atoms with Crippen LogP contribution >= 0.6 is 0 Å². The fraction of sp³-hybridized carbons (Fsp3) is 0.267. The topological polar surface area (TPSA) is 129 Å². The van der Waals surface area contributed by atoms with Gasteiger partial charge in [-0.15, -0.1) is 0 Å². The van der Waals surface area contributed by atoms with E-state index in [9.17, 15) is 19.2 Å². The predicted octanol–water partition coefficient (Wildman–Crippen LogP) is 5.47. The zero-order valence-electron chi connectivity index (χ0n) is 21.9. The van der Waals surface area contributed by atoms with Gasteiger partial charge in [0.15, 0.2) is 5.78 Å². The molecular weight excluding hydrogens is 496 g/mol. The van der Waals surface area contributed by atoms with Crippen molar-refractivity contribution in [3.8, 4) is 0 Å². The summed E-state index contributed by atoms with van der Waals surface area (Å²) in [6.45, 7) is 4.01. The molecule has 0 saturated carbocycles. The Bertz CT molecular complexity index is 1500. The van der Waals surface area contributed by atoms with Crippen molar-refractivity contribution in [2.75, 3.05) is 22.6 Å². The van der Waals surface area contributed by atoms with Gasteiger partial charge in [-0.1, -0.05) is 17.7 Å². The van der Waals surface area contributed by atoms with Crippen molar-refractivity contribution in [2.24, 2.45) is 0 Å². The van der Waals surface area contributed by atoms with Gasteiger partial charge in [0.25, 0.3) is 5.91 Å². The monoisotopic (exact) mass is 526 g/mol. The molecule has 9 heteroatoms. The van der Waals surface area contributed by atoms with Crippen LogP contribution in [0, 0.1) is 6.92 Å². The van der Waals surface area contributed by atoms with Gasteiger partial charge in [0.1, 0.15) is 0 Å². The number of aromatic amines is 1. The van der Waals surface area contributed by atoms with Crippen molar-refractivity contribution < 1.29 is 23.9 Å². The average molecular weight is 527 g/mol. The number of rotatable bonds is 7. The van der Waals surface area contributed by atoms with E-state index in [4.69, 9.17) is 4.74 Å². The first kappa shape index (κ1) is 26.0. The van der Waals surface area contributed by atoms with Gasteiger partial charge in [0.2, 0.25) is 0 Å². The number of amides is 3. The molecule has 2 aliphatic rings. The van der Waals surface area contributed by atoms with E-state index in [1.165, 1.54) is 0 Å². The number of nitrogens with one attached hydrogen (secondary N) is 4. The third-order valence-corrected chi connectivity index (χ3v) is 6.87. The van der Waals surface area contributed by atoms with Crippen molar-refractivity contribution in [3.05, 3.63) is 76.1 Å². The Kier molecular flexibility index (Phi) is 7.31. The van der Waals surface area contributed by atoms with E-state index in [2.05, 4.69) is 20.9 Å². The van der Waals surface area contributed by atoms with Gasteiger partial charge < -0.3 is 25.7 Å². The van der Waals surface area contributed by atoms with E-state index in [1.54, 1.807) is 31.2 Å². The number of benzene rings is 2. The van der Waals surface area contributed by atoms with E-state index in [-0.39, 0.29) is 30.7 Å². The molecule has 0 fully saturated rings. The lowest BCUT2D eigenvalue weighted by molar-refractivity contribution is -0.143.